The fourth-order valence-corrected chi connectivity index (χ4v) is 2.34. The van der Waals surface area contributed by atoms with Crippen LogP contribution in [0.4, 0.5) is 13.2 Å². The largest absolute Gasteiger partial charge is 0.406 e. The Morgan fingerprint density at radius 2 is 2.05 bits per heavy atom. The monoisotopic (exact) mass is 290 g/mol. The molecule has 0 saturated carbocycles. The van der Waals surface area contributed by atoms with Crippen LogP contribution in [-0.2, 0) is 13.0 Å². The van der Waals surface area contributed by atoms with Crippen molar-refractivity contribution in [2.45, 2.75) is 32.1 Å². The van der Waals surface area contributed by atoms with Crippen LogP contribution in [0, 0.1) is 0 Å². The third kappa shape index (κ3) is 3.42. The molecule has 19 heavy (non-hydrogen) atoms. The molecule has 0 fully saturated rings. The molecule has 0 aliphatic heterocycles. The maximum absolute atomic E-state index is 12.6. The average molecular weight is 291 g/mol. The van der Waals surface area contributed by atoms with E-state index < -0.39 is 12.7 Å². The molecule has 0 saturated heterocycles. The van der Waals surface area contributed by atoms with Gasteiger partial charge in [-0.05, 0) is 31.0 Å². The van der Waals surface area contributed by atoms with Crippen LogP contribution in [0.1, 0.15) is 12.5 Å². The molecule has 0 amide bonds. The zero-order chi connectivity index (χ0) is 14.2. The molecule has 2 aromatic rings. The predicted octanol–water partition coefficient (Wildman–Crippen LogP) is 3.75. The van der Waals surface area contributed by atoms with E-state index in [9.17, 15) is 13.2 Å². The highest BCUT2D eigenvalue weighted by Crippen LogP contribution is 2.28. The van der Waals surface area contributed by atoms with Gasteiger partial charge in [-0.1, -0.05) is 17.7 Å². The number of hydrogen-bond acceptors (Lipinski definition) is 1. The number of nitrogens with two attached hydrogens (primary N) is 1. The first kappa shape index (κ1) is 14.2. The van der Waals surface area contributed by atoms with Gasteiger partial charge in [-0.2, -0.15) is 13.2 Å². The van der Waals surface area contributed by atoms with Crippen LogP contribution < -0.4 is 5.73 Å². The summed E-state index contributed by atoms with van der Waals surface area (Å²) >= 11 is 5.86. The molecule has 0 bridgehead atoms. The van der Waals surface area contributed by atoms with Gasteiger partial charge in [0.05, 0.1) is 5.52 Å². The number of benzene rings is 1. The highest BCUT2D eigenvalue weighted by atomic mass is 35.5. The molecule has 6 heteroatoms. The average Bonchev–Trinajstić information content (AvgIpc) is 2.53. The molecule has 1 unspecified atom stereocenters. The van der Waals surface area contributed by atoms with Crippen LogP contribution in [-0.4, -0.2) is 16.8 Å². The van der Waals surface area contributed by atoms with E-state index in [0.29, 0.717) is 17.0 Å². The Balaban J connectivity index is 2.53. The second-order valence-corrected chi connectivity index (χ2v) is 5.18. The lowest BCUT2D eigenvalue weighted by molar-refractivity contribution is -0.139. The number of halogens is 4. The second-order valence-electron chi connectivity index (χ2n) is 4.74. The standard InChI is InChI=1S/C13H14ClF3N2/c1-8(18)4-9-6-19(7-13(15,16)17)12-5-10(14)2-3-11(9)12/h2-3,5-6,8H,4,7,18H2,1H3. The van der Waals surface area contributed by atoms with Crippen molar-refractivity contribution in [3.05, 3.63) is 35.0 Å². The summed E-state index contributed by atoms with van der Waals surface area (Å²) in [5.41, 5.74) is 7.02. The van der Waals surface area contributed by atoms with Crippen molar-refractivity contribution < 1.29 is 13.2 Å². The number of fused-ring (bicyclic) bond motifs is 1. The van der Waals surface area contributed by atoms with Gasteiger partial charge in [0.1, 0.15) is 6.54 Å². The topological polar surface area (TPSA) is 30.9 Å². The highest BCUT2D eigenvalue weighted by molar-refractivity contribution is 6.31. The van der Waals surface area contributed by atoms with Crippen molar-refractivity contribution in [2.24, 2.45) is 5.73 Å². The quantitative estimate of drug-likeness (QED) is 0.917. The SMILES string of the molecule is CC(N)Cc1cn(CC(F)(F)F)c2cc(Cl)ccc12. The molecule has 1 atom stereocenters. The summed E-state index contributed by atoms with van der Waals surface area (Å²) in [6.07, 6.45) is -2.22. The Morgan fingerprint density at radius 3 is 2.63 bits per heavy atom. The smallest absolute Gasteiger partial charge is 0.338 e. The van der Waals surface area contributed by atoms with Crippen LogP contribution in [0.5, 0.6) is 0 Å². The van der Waals surface area contributed by atoms with Crippen LogP contribution in [0.15, 0.2) is 24.4 Å². The summed E-state index contributed by atoms with van der Waals surface area (Å²) < 4.78 is 38.9. The van der Waals surface area contributed by atoms with Gasteiger partial charge in [-0.3, -0.25) is 0 Å². The van der Waals surface area contributed by atoms with E-state index in [-0.39, 0.29) is 6.04 Å². The van der Waals surface area contributed by atoms with Crippen LogP contribution in [0.25, 0.3) is 10.9 Å². The molecular weight excluding hydrogens is 277 g/mol. The molecule has 2 N–H and O–H groups in total. The normalized spacial score (nSPS) is 14.0. The lowest BCUT2D eigenvalue weighted by atomic mass is 10.1. The minimum atomic E-state index is -4.26. The number of alkyl halides is 3. The van der Waals surface area contributed by atoms with Crippen LogP contribution in [0.3, 0.4) is 0 Å². The Hall–Kier alpha value is -1.20. The summed E-state index contributed by atoms with van der Waals surface area (Å²) in [7, 11) is 0. The number of rotatable bonds is 3. The highest BCUT2D eigenvalue weighted by Gasteiger charge is 2.29. The van der Waals surface area contributed by atoms with Gasteiger partial charge in [0.2, 0.25) is 0 Å². The van der Waals surface area contributed by atoms with Gasteiger partial charge in [0.15, 0.2) is 0 Å². The molecule has 1 heterocycles. The Kier molecular flexibility index (Phi) is 3.78. The van der Waals surface area contributed by atoms with Gasteiger partial charge < -0.3 is 10.3 Å². The first-order chi connectivity index (χ1) is 8.76. The first-order valence-electron chi connectivity index (χ1n) is 5.86. The molecule has 0 radical (unpaired) electrons. The molecule has 2 nitrogen and oxygen atoms in total. The van der Waals surface area contributed by atoms with E-state index in [1.54, 1.807) is 18.2 Å². The van der Waals surface area contributed by atoms with Gasteiger partial charge in [0, 0.05) is 22.6 Å². The summed E-state index contributed by atoms with van der Waals surface area (Å²) in [6.45, 7) is 0.797. The molecule has 0 spiro atoms. The van der Waals surface area contributed by atoms with Gasteiger partial charge in [0.25, 0.3) is 0 Å². The van der Waals surface area contributed by atoms with Crippen molar-refractivity contribution in [3.8, 4) is 0 Å². The number of aromatic nitrogens is 1. The fraction of sp³-hybridized carbons (Fsp3) is 0.385. The lowest BCUT2D eigenvalue weighted by Crippen LogP contribution is -2.18. The fourth-order valence-electron chi connectivity index (χ4n) is 2.17. The molecule has 0 aliphatic rings. The van der Waals surface area contributed by atoms with Crippen molar-refractivity contribution in [2.75, 3.05) is 0 Å². The number of hydrogen-bond donors (Lipinski definition) is 1. The third-order valence-corrected chi connectivity index (χ3v) is 3.05. The molecule has 1 aromatic heterocycles. The maximum atomic E-state index is 12.6. The van der Waals surface area contributed by atoms with Crippen molar-refractivity contribution >= 4 is 22.5 Å². The molecule has 2 rings (SSSR count). The first-order valence-corrected chi connectivity index (χ1v) is 6.23. The Labute approximate surface area is 113 Å². The van der Waals surface area contributed by atoms with E-state index in [0.717, 1.165) is 10.9 Å². The van der Waals surface area contributed by atoms with Gasteiger partial charge in [-0.15, -0.1) is 0 Å². The molecular formula is C13H14ClF3N2. The molecule has 1 aromatic carbocycles. The third-order valence-electron chi connectivity index (χ3n) is 2.82. The Bertz CT molecular complexity index is 587. The summed E-state index contributed by atoms with van der Waals surface area (Å²) in [6, 6.07) is 4.85. The Morgan fingerprint density at radius 1 is 1.37 bits per heavy atom. The second kappa shape index (κ2) is 5.06. The van der Waals surface area contributed by atoms with Gasteiger partial charge in [-0.25, -0.2) is 0 Å². The summed E-state index contributed by atoms with van der Waals surface area (Å²) in [4.78, 5) is 0. The van der Waals surface area contributed by atoms with Crippen LogP contribution >= 0.6 is 11.6 Å². The van der Waals surface area contributed by atoms with E-state index in [2.05, 4.69) is 0 Å². The molecule has 0 aliphatic carbocycles. The summed E-state index contributed by atoms with van der Waals surface area (Å²) in [5, 5.41) is 1.19. The van der Waals surface area contributed by atoms with Crippen molar-refractivity contribution in [3.63, 3.8) is 0 Å². The predicted molar refractivity (Wildman–Crippen MR) is 70.4 cm³/mol. The van der Waals surface area contributed by atoms with E-state index in [1.165, 1.54) is 10.8 Å². The van der Waals surface area contributed by atoms with Crippen LogP contribution in [0.2, 0.25) is 5.02 Å². The maximum Gasteiger partial charge on any atom is 0.406 e. The van der Waals surface area contributed by atoms with Gasteiger partial charge >= 0.3 is 6.18 Å². The number of nitrogens with zero attached hydrogens (tertiary/aromatic N) is 1. The van der Waals surface area contributed by atoms with E-state index in [4.69, 9.17) is 17.3 Å². The zero-order valence-electron chi connectivity index (χ0n) is 10.3. The van der Waals surface area contributed by atoms with Crippen molar-refractivity contribution in [1.29, 1.82) is 0 Å². The minimum Gasteiger partial charge on any atom is -0.338 e. The van der Waals surface area contributed by atoms with E-state index >= 15 is 0 Å². The zero-order valence-corrected chi connectivity index (χ0v) is 11.1. The molecule has 104 valence electrons. The van der Waals surface area contributed by atoms with E-state index in [1.807, 2.05) is 6.92 Å². The van der Waals surface area contributed by atoms with Crippen molar-refractivity contribution in [1.82, 2.24) is 4.57 Å². The lowest BCUT2D eigenvalue weighted by Gasteiger charge is -2.08. The minimum absolute atomic E-state index is 0.111. The summed E-state index contributed by atoms with van der Waals surface area (Å²) in [5.74, 6) is 0.